The van der Waals surface area contributed by atoms with E-state index in [1.807, 2.05) is 19.9 Å². The standard InChI is InChI=1S/C13H16N4O4/c1-9-4-5-11(10(2)14-9)16-8-12(17(19)20)13(15-16)21-7-3-6-18/h4-5,8,18H,3,6-7H2,1-2H3. The molecular weight excluding hydrogens is 276 g/mol. The third kappa shape index (κ3) is 3.34. The van der Waals surface area contributed by atoms with E-state index in [0.717, 1.165) is 5.69 Å². The van der Waals surface area contributed by atoms with Crippen molar-refractivity contribution in [3.05, 3.63) is 39.8 Å². The summed E-state index contributed by atoms with van der Waals surface area (Å²) in [6, 6.07) is 3.61. The van der Waals surface area contributed by atoms with Crippen molar-refractivity contribution in [1.82, 2.24) is 14.8 Å². The van der Waals surface area contributed by atoms with E-state index in [1.165, 1.54) is 10.9 Å². The molecule has 0 spiro atoms. The molecule has 0 amide bonds. The monoisotopic (exact) mass is 292 g/mol. The van der Waals surface area contributed by atoms with Gasteiger partial charge in [0, 0.05) is 18.7 Å². The van der Waals surface area contributed by atoms with E-state index in [0.29, 0.717) is 17.8 Å². The molecule has 2 aromatic heterocycles. The van der Waals surface area contributed by atoms with Crippen molar-refractivity contribution >= 4 is 5.69 Å². The van der Waals surface area contributed by atoms with E-state index in [9.17, 15) is 10.1 Å². The zero-order valence-corrected chi connectivity index (χ0v) is 11.8. The summed E-state index contributed by atoms with van der Waals surface area (Å²) in [4.78, 5) is 14.8. The second kappa shape index (κ2) is 6.31. The van der Waals surface area contributed by atoms with E-state index in [2.05, 4.69) is 10.1 Å². The highest BCUT2D eigenvalue weighted by Gasteiger charge is 2.22. The molecule has 112 valence electrons. The minimum Gasteiger partial charge on any atom is -0.472 e. The molecule has 1 N–H and O–H groups in total. The number of ether oxygens (including phenoxy) is 1. The fourth-order valence-electron chi connectivity index (χ4n) is 1.86. The Morgan fingerprint density at radius 3 is 2.81 bits per heavy atom. The van der Waals surface area contributed by atoms with Crippen LogP contribution < -0.4 is 4.74 Å². The summed E-state index contributed by atoms with van der Waals surface area (Å²) in [6.45, 7) is 3.79. The lowest BCUT2D eigenvalue weighted by Gasteiger charge is -2.05. The molecule has 0 aromatic carbocycles. The molecule has 2 heterocycles. The molecule has 0 radical (unpaired) electrons. The zero-order chi connectivity index (χ0) is 15.4. The third-order valence-electron chi connectivity index (χ3n) is 2.84. The lowest BCUT2D eigenvalue weighted by molar-refractivity contribution is -0.385. The highest BCUT2D eigenvalue weighted by Crippen LogP contribution is 2.27. The van der Waals surface area contributed by atoms with Gasteiger partial charge in [0.1, 0.15) is 6.20 Å². The summed E-state index contributed by atoms with van der Waals surface area (Å²) >= 11 is 0. The Labute approximate surface area is 121 Å². The first-order valence-electron chi connectivity index (χ1n) is 6.45. The van der Waals surface area contributed by atoms with E-state index in [-0.39, 0.29) is 24.8 Å². The van der Waals surface area contributed by atoms with Gasteiger partial charge in [-0.2, -0.15) is 0 Å². The molecule has 2 aromatic rings. The van der Waals surface area contributed by atoms with Crippen molar-refractivity contribution in [2.24, 2.45) is 0 Å². The highest BCUT2D eigenvalue weighted by molar-refractivity contribution is 5.44. The van der Waals surface area contributed by atoms with Gasteiger partial charge in [0.15, 0.2) is 0 Å². The predicted molar refractivity (Wildman–Crippen MR) is 74.7 cm³/mol. The smallest absolute Gasteiger partial charge is 0.350 e. The second-order valence-corrected chi connectivity index (χ2v) is 4.50. The second-order valence-electron chi connectivity index (χ2n) is 4.50. The van der Waals surface area contributed by atoms with Crippen molar-refractivity contribution in [3.63, 3.8) is 0 Å². The largest absolute Gasteiger partial charge is 0.472 e. The maximum atomic E-state index is 11.0. The van der Waals surface area contributed by atoms with Crippen LogP contribution in [-0.2, 0) is 0 Å². The summed E-state index contributed by atoms with van der Waals surface area (Å²) in [5, 5.41) is 23.9. The van der Waals surface area contributed by atoms with Crippen LogP contribution in [0, 0.1) is 24.0 Å². The molecule has 0 aliphatic rings. The summed E-state index contributed by atoms with van der Waals surface area (Å²) in [5.41, 5.74) is 2.01. The molecule has 0 aliphatic carbocycles. The van der Waals surface area contributed by atoms with Gasteiger partial charge in [-0.25, -0.2) is 4.68 Å². The van der Waals surface area contributed by atoms with Crippen molar-refractivity contribution in [1.29, 1.82) is 0 Å². The lowest BCUT2D eigenvalue weighted by Crippen LogP contribution is -2.03. The summed E-state index contributed by atoms with van der Waals surface area (Å²) in [5.74, 6) is -0.0616. The van der Waals surface area contributed by atoms with Crippen molar-refractivity contribution in [2.45, 2.75) is 20.3 Å². The molecule has 0 saturated heterocycles. The van der Waals surface area contributed by atoms with Crippen LogP contribution in [0.2, 0.25) is 0 Å². The van der Waals surface area contributed by atoms with Gasteiger partial charge in [-0.15, -0.1) is 5.10 Å². The van der Waals surface area contributed by atoms with Gasteiger partial charge in [0.2, 0.25) is 0 Å². The molecule has 8 nitrogen and oxygen atoms in total. The Morgan fingerprint density at radius 1 is 1.43 bits per heavy atom. The SMILES string of the molecule is Cc1ccc(-n2cc([N+](=O)[O-])c(OCCCO)n2)c(C)n1. The number of nitrogens with zero attached hydrogens (tertiary/aromatic N) is 4. The summed E-state index contributed by atoms with van der Waals surface area (Å²) < 4.78 is 6.63. The molecule has 0 unspecified atom stereocenters. The van der Waals surface area contributed by atoms with Crippen LogP contribution >= 0.6 is 0 Å². The number of pyridine rings is 1. The minimum absolute atomic E-state index is 0.0461. The molecule has 0 saturated carbocycles. The van der Waals surface area contributed by atoms with E-state index in [4.69, 9.17) is 9.84 Å². The van der Waals surface area contributed by atoms with Crippen LogP contribution in [-0.4, -0.2) is 38.0 Å². The van der Waals surface area contributed by atoms with Crippen LogP contribution in [0.15, 0.2) is 18.3 Å². The van der Waals surface area contributed by atoms with Gasteiger partial charge in [0.05, 0.1) is 22.9 Å². The number of aryl methyl sites for hydroxylation is 2. The van der Waals surface area contributed by atoms with Gasteiger partial charge in [0.25, 0.3) is 0 Å². The summed E-state index contributed by atoms with van der Waals surface area (Å²) in [6.07, 6.45) is 1.68. The molecule has 8 heteroatoms. The molecule has 2 rings (SSSR count). The Kier molecular flexibility index (Phi) is 4.49. The Bertz CT molecular complexity index is 654. The number of hydrogen-bond donors (Lipinski definition) is 1. The summed E-state index contributed by atoms with van der Waals surface area (Å²) in [7, 11) is 0. The minimum atomic E-state index is -0.547. The fourth-order valence-corrected chi connectivity index (χ4v) is 1.86. The topological polar surface area (TPSA) is 103 Å². The first-order chi connectivity index (χ1) is 10.0. The number of aliphatic hydroxyl groups is 1. The van der Waals surface area contributed by atoms with E-state index >= 15 is 0 Å². The molecule has 21 heavy (non-hydrogen) atoms. The average Bonchev–Trinajstić information content (AvgIpc) is 2.83. The van der Waals surface area contributed by atoms with E-state index in [1.54, 1.807) is 6.07 Å². The van der Waals surface area contributed by atoms with E-state index < -0.39 is 4.92 Å². The molecule has 0 atom stereocenters. The average molecular weight is 292 g/mol. The predicted octanol–water partition coefficient (Wildman–Crippen LogP) is 1.55. The molecule has 0 aliphatic heterocycles. The Balaban J connectivity index is 2.36. The molecular formula is C13H16N4O4. The molecule has 0 bridgehead atoms. The number of rotatable bonds is 6. The van der Waals surface area contributed by atoms with Gasteiger partial charge in [-0.1, -0.05) is 0 Å². The number of hydrogen-bond acceptors (Lipinski definition) is 6. The van der Waals surface area contributed by atoms with Crippen molar-refractivity contribution in [3.8, 4) is 11.6 Å². The van der Waals surface area contributed by atoms with Crippen LogP contribution in [0.5, 0.6) is 5.88 Å². The fraction of sp³-hybridized carbons (Fsp3) is 0.385. The van der Waals surface area contributed by atoms with Crippen LogP contribution in [0.25, 0.3) is 5.69 Å². The maximum Gasteiger partial charge on any atom is 0.350 e. The quantitative estimate of drug-likeness (QED) is 0.492. The Morgan fingerprint density at radius 2 is 2.19 bits per heavy atom. The van der Waals surface area contributed by atoms with Crippen LogP contribution in [0.4, 0.5) is 5.69 Å². The van der Waals surface area contributed by atoms with Gasteiger partial charge in [-0.3, -0.25) is 15.1 Å². The van der Waals surface area contributed by atoms with Crippen molar-refractivity contribution < 1.29 is 14.8 Å². The maximum absolute atomic E-state index is 11.0. The first-order valence-corrected chi connectivity index (χ1v) is 6.45. The highest BCUT2D eigenvalue weighted by atomic mass is 16.6. The van der Waals surface area contributed by atoms with Crippen LogP contribution in [0.3, 0.4) is 0 Å². The van der Waals surface area contributed by atoms with Gasteiger partial charge >= 0.3 is 11.6 Å². The van der Waals surface area contributed by atoms with Crippen LogP contribution in [0.1, 0.15) is 17.8 Å². The zero-order valence-electron chi connectivity index (χ0n) is 11.8. The van der Waals surface area contributed by atoms with Crippen molar-refractivity contribution in [2.75, 3.05) is 13.2 Å². The molecule has 0 fully saturated rings. The van der Waals surface area contributed by atoms with Gasteiger partial charge in [-0.05, 0) is 26.0 Å². The third-order valence-corrected chi connectivity index (χ3v) is 2.84. The number of nitro groups is 1. The number of aromatic nitrogens is 3. The normalized spacial score (nSPS) is 10.6. The van der Waals surface area contributed by atoms with Gasteiger partial charge < -0.3 is 9.84 Å². The first kappa shape index (κ1) is 14.9. The number of aliphatic hydroxyl groups excluding tert-OH is 1. The Hall–Kier alpha value is -2.48. The lowest BCUT2D eigenvalue weighted by atomic mass is 10.3.